The van der Waals surface area contributed by atoms with Crippen molar-refractivity contribution in [2.24, 2.45) is 0 Å². The molecule has 5 nitrogen and oxygen atoms in total. The van der Waals surface area contributed by atoms with Gasteiger partial charge >= 0.3 is 0 Å². The van der Waals surface area contributed by atoms with Crippen LogP contribution in [0.1, 0.15) is 33.9 Å². The first kappa shape index (κ1) is 16.0. The second kappa shape index (κ2) is 7.10. The molecule has 1 aromatic heterocycles. The highest BCUT2D eigenvalue weighted by Gasteiger charge is 2.24. The average molecular weight is 332 g/mol. The number of nitrogens with zero attached hydrogens (tertiary/aromatic N) is 2. The number of amides is 1. The number of carbonyl (C=O) groups excluding carboxylic acids is 1. The van der Waals surface area contributed by atoms with E-state index in [1.54, 1.807) is 10.3 Å². The molecule has 3 rings (SSSR count). The van der Waals surface area contributed by atoms with Crippen LogP contribution in [0.2, 0.25) is 0 Å². The monoisotopic (exact) mass is 332 g/mol. The van der Waals surface area contributed by atoms with Crippen LogP contribution >= 0.6 is 11.3 Å². The maximum atomic E-state index is 12.4. The lowest BCUT2D eigenvalue weighted by atomic mass is 10.1. The van der Waals surface area contributed by atoms with Crippen molar-refractivity contribution in [3.05, 3.63) is 45.9 Å². The normalized spacial score (nSPS) is 18.0. The fourth-order valence-electron chi connectivity index (χ4n) is 2.56. The van der Waals surface area contributed by atoms with E-state index in [1.807, 2.05) is 31.2 Å². The molecule has 1 aromatic carbocycles. The lowest BCUT2D eigenvalue weighted by Gasteiger charge is -2.29. The zero-order valence-corrected chi connectivity index (χ0v) is 13.9. The van der Waals surface area contributed by atoms with Crippen molar-refractivity contribution in [3.63, 3.8) is 0 Å². The Hall–Kier alpha value is -1.92. The van der Waals surface area contributed by atoms with E-state index in [0.29, 0.717) is 25.4 Å². The number of carbonyl (C=O) groups is 1. The highest BCUT2D eigenvalue weighted by molar-refractivity contribution is 7.09. The van der Waals surface area contributed by atoms with Crippen molar-refractivity contribution in [2.45, 2.75) is 32.5 Å². The third kappa shape index (κ3) is 4.09. The van der Waals surface area contributed by atoms with E-state index in [4.69, 9.17) is 4.74 Å². The number of piperidine rings is 1. The van der Waals surface area contributed by atoms with Crippen molar-refractivity contribution < 1.29 is 14.6 Å². The smallest absolute Gasteiger partial charge is 0.273 e. The Morgan fingerprint density at radius 3 is 2.96 bits per heavy atom. The molecule has 0 bridgehead atoms. The number of aromatic nitrogens is 1. The Morgan fingerprint density at radius 1 is 1.43 bits per heavy atom. The SMILES string of the molecule is Cc1ccc(OCc2nc(C(=O)N3CCCC(O)C3)cs2)cc1. The summed E-state index contributed by atoms with van der Waals surface area (Å²) >= 11 is 1.42. The number of hydrogen-bond acceptors (Lipinski definition) is 5. The number of likely N-dealkylation sites (tertiary alicyclic amines) is 1. The summed E-state index contributed by atoms with van der Waals surface area (Å²) < 4.78 is 5.69. The molecule has 0 saturated carbocycles. The third-order valence-corrected chi connectivity index (χ3v) is 4.66. The van der Waals surface area contributed by atoms with E-state index >= 15 is 0 Å². The number of aryl methyl sites for hydroxylation is 1. The van der Waals surface area contributed by atoms with Gasteiger partial charge < -0.3 is 14.7 Å². The van der Waals surface area contributed by atoms with E-state index in [1.165, 1.54) is 16.9 Å². The molecule has 2 aromatic rings. The largest absolute Gasteiger partial charge is 0.486 e. The van der Waals surface area contributed by atoms with Crippen molar-refractivity contribution in [3.8, 4) is 5.75 Å². The van der Waals surface area contributed by atoms with Crippen LogP contribution in [0.4, 0.5) is 0 Å². The second-order valence-electron chi connectivity index (χ2n) is 5.78. The fraction of sp³-hybridized carbons (Fsp3) is 0.412. The van der Waals surface area contributed by atoms with Gasteiger partial charge in [0.05, 0.1) is 6.10 Å². The lowest BCUT2D eigenvalue weighted by molar-refractivity contribution is 0.0469. The number of β-amino-alcohol motifs (C(OH)–C–C–N with tert-alkyl or cyclic N) is 1. The van der Waals surface area contributed by atoms with Crippen LogP contribution in [-0.2, 0) is 6.61 Å². The third-order valence-electron chi connectivity index (χ3n) is 3.84. The first-order chi connectivity index (χ1) is 11.1. The Morgan fingerprint density at radius 2 is 2.22 bits per heavy atom. The van der Waals surface area contributed by atoms with Gasteiger partial charge in [0.1, 0.15) is 23.1 Å². The molecule has 1 aliphatic rings. The van der Waals surface area contributed by atoms with Gasteiger partial charge in [0.15, 0.2) is 0 Å². The van der Waals surface area contributed by atoms with Gasteiger partial charge in [-0.3, -0.25) is 4.79 Å². The molecule has 6 heteroatoms. The van der Waals surface area contributed by atoms with E-state index in [9.17, 15) is 9.90 Å². The maximum absolute atomic E-state index is 12.4. The number of rotatable bonds is 4. The summed E-state index contributed by atoms with van der Waals surface area (Å²) in [6.07, 6.45) is 1.17. The van der Waals surface area contributed by atoms with Crippen LogP contribution in [0.3, 0.4) is 0 Å². The zero-order chi connectivity index (χ0) is 16.2. The van der Waals surface area contributed by atoms with Crippen LogP contribution in [-0.4, -0.2) is 40.1 Å². The van der Waals surface area contributed by atoms with Gasteiger partial charge in [-0.05, 0) is 31.9 Å². The Kier molecular flexibility index (Phi) is 4.93. The van der Waals surface area contributed by atoms with E-state index in [-0.39, 0.29) is 5.91 Å². The average Bonchev–Trinajstić information content (AvgIpc) is 3.02. The molecule has 1 N–H and O–H groups in total. The highest BCUT2D eigenvalue weighted by Crippen LogP contribution is 2.18. The first-order valence-corrected chi connectivity index (χ1v) is 8.61. The van der Waals surface area contributed by atoms with Gasteiger partial charge in [-0.1, -0.05) is 17.7 Å². The molecular weight excluding hydrogens is 312 g/mol. The molecule has 23 heavy (non-hydrogen) atoms. The van der Waals surface area contributed by atoms with Crippen molar-refractivity contribution in [2.75, 3.05) is 13.1 Å². The van der Waals surface area contributed by atoms with Crippen LogP contribution in [0, 0.1) is 6.92 Å². The quantitative estimate of drug-likeness (QED) is 0.935. The van der Waals surface area contributed by atoms with E-state index < -0.39 is 6.10 Å². The van der Waals surface area contributed by atoms with Gasteiger partial charge in [0, 0.05) is 18.5 Å². The molecule has 1 atom stereocenters. The number of benzene rings is 1. The summed E-state index contributed by atoms with van der Waals surface area (Å²) in [7, 11) is 0. The van der Waals surface area contributed by atoms with Crippen molar-refractivity contribution in [1.82, 2.24) is 9.88 Å². The number of aliphatic hydroxyl groups is 1. The maximum Gasteiger partial charge on any atom is 0.273 e. The number of ether oxygens (including phenoxy) is 1. The molecule has 0 spiro atoms. The van der Waals surface area contributed by atoms with E-state index in [2.05, 4.69) is 4.98 Å². The Balaban J connectivity index is 1.59. The predicted molar refractivity (Wildman–Crippen MR) is 88.8 cm³/mol. The minimum atomic E-state index is -0.421. The molecule has 1 fully saturated rings. The lowest BCUT2D eigenvalue weighted by Crippen LogP contribution is -2.42. The minimum Gasteiger partial charge on any atom is -0.486 e. The fourth-order valence-corrected chi connectivity index (χ4v) is 3.24. The van der Waals surface area contributed by atoms with Crippen molar-refractivity contribution >= 4 is 17.2 Å². The van der Waals surface area contributed by atoms with E-state index in [0.717, 1.165) is 23.6 Å². The molecule has 1 amide bonds. The molecule has 122 valence electrons. The van der Waals surface area contributed by atoms with Gasteiger partial charge in [-0.2, -0.15) is 0 Å². The zero-order valence-electron chi connectivity index (χ0n) is 13.1. The first-order valence-electron chi connectivity index (χ1n) is 7.73. The van der Waals surface area contributed by atoms with Gasteiger partial charge in [-0.25, -0.2) is 4.98 Å². The second-order valence-corrected chi connectivity index (χ2v) is 6.72. The molecule has 1 unspecified atom stereocenters. The molecular formula is C17H20N2O3S. The molecule has 0 radical (unpaired) electrons. The summed E-state index contributed by atoms with van der Waals surface area (Å²) in [6.45, 7) is 3.46. The van der Waals surface area contributed by atoms with Crippen LogP contribution < -0.4 is 4.74 Å². The van der Waals surface area contributed by atoms with Crippen LogP contribution in [0.25, 0.3) is 0 Å². The molecule has 2 heterocycles. The summed E-state index contributed by atoms with van der Waals surface area (Å²) in [5.41, 5.74) is 1.62. The van der Waals surface area contributed by atoms with Crippen LogP contribution in [0.15, 0.2) is 29.6 Å². The minimum absolute atomic E-state index is 0.110. The number of hydrogen-bond donors (Lipinski definition) is 1. The Labute approximate surface area is 139 Å². The molecule has 0 aliphatic carbocycles. The molecule has 1 aliphatic heterocycles. The van der Waals surface area contributed by atoms with Gasteiger partial charge in [-0.15, -0.1) is 11.3 Å². The standard InChI is InChI=1S/C17H20N2O3S/c1-12-4-6-14(7-5-12)22-10-16-18-15(11-23-16)17(21)19-8-2-3-13(20)9-19/h4-7,11,13,20H,2-3,8-10H2,1H3. The molecule has 1 saturated heterocycles. The summed E-state index contributed by atoms with van der Waals surface area (Å²) in [4.78, 5) is 18.4. The van der Waals surface area contributed by atoms with Gasteiger partial charge in [0.2, 0.25) is 0 Å². The van der Waals surface area contributed by atoms with Crippen LogP contribution in [0.5, 0.6) is 5.75 Å². The summed E-state index contributed by atoms with van der Waals surface area (Å²) in [6, 6.07) is 7.83. The summed E-state index contributed by atoms with van der Waals surface area (Å²) in [5, 5.41) is 12.2. The number of aliphatic hydroxyl groups excluding tert-OH is 1. The topological polar surface area (TPSA) is 62.7 Å². The predicted octanol–water partition coefficient (Wildman–Crippen LogP) is 2.63. The summed E-state index contributed by atoms with van der Waals surface area (Å²) in [5.74, 6) is 0.680. The Bertz CT molecular complexity index is 669. The highest BCUT2D eigenvalue weighted by atomic mass is 32.1. The number of thiazole rings is 1. The van der Waals surface area contributed by atoms with Crippen molar-refractivity contribution in [1.29, 1.82) is 0 Å². The van der Waals surface area contributed by atoms with Gasteiger partial charge in [0.25, 0.3) is 5.91 Å².